The molecule has 0 unspecified atom stereocenters. The summed E-state index contributed by atoms with van der Waals surface area (Å²) in [5.41, 5.74) is 0. The van der Waals surface area contributed by atoms with Crippen molar-refractivity contribution in [3.63, 3.8) is 0 Å². The Morgan fingerprint density at radius 1 is 1.38 bits per heavy atom. The molecule has 0 aromatic rings. The molecule has 16 heavy (non-hydrogen) atoms. The second-order valence-electron chi connectivity index (χ2n) is 4.11. The summed E-state index contributed by atoms with van der Waals surface area (Å²) in [6.45, 7) is 1.94. The van der Waals surface area contributed by atoms with Gasteiger partial charge in [-0.3, -0.25) is 0 Å². The highest BCUT2D eigenvalue weighted by Crippen LogP contribution is 2.16. The van der Waals surface area contributed by atoms with Crippen LogP contribution in [0.5, 0.6) is 0 Å². The number of methoxy groups -OCH3 is 1. The topological polar surface area (TPSA) is 58.6 Å². The van der Waals surface area contributed by atoms with E-state index in [2.05, 4.69) is 5.32 Å². The molecule has 0 aromatic carbocycles. The number of nitrogens with zero attached hydrogens (tertiary/aromatic N) is 1. The zero-order valence-electron chi connectivity index (χ0n) is 10.1. The van der Waals surface area contributed by atoms with E-state index in [9.17, 15) is 8.42 Å². The number of sulfonamides is 1. The zero-order valence-corrected chi connectivity index (χ0v) is 10.9. The predicted molar refractivity (Wildman–Crippen MR) is 63.9 cm³/mol. The Bertz CT molecular complexity index is 284. The van der Waals surface area contributed by atoms with E-state index in [4.69, 9.17) is 4.74 Å². The molecular formula is C10H22N2O3S. The monoisotopic (exact) mass is 250 g/mol. The third kappa shape index (κ3) is 4.01. The van der Waals surface area contributed by atoms with Crippen molar-refractivity contribution >= 4 is 10.0 Å². The Kier molecular flexibility index (Phi) is 5.68. The number of nitrogens with one attached hydrogen (secondary N) is 1. The zero-order chi connectivity index (χ0) is 12.0. The minimum atomic E-state index is -3.05. The molecule has 1 aliphatic heterocycles. The van der Waals surface area contributed by atoms with Crippen molar-refractivity contribution < 1.29 is 13.2 Å². The summed E-state index contributed by atoms with van der Waals surface area (Å²) >= 11 is 0. The van der Waals surface area contributed by atoms with Gasteiger partial charge in [0.15, 0.2) is 0 Å². The highest BCUT2D eigenvalue weighted by molar-refractivity contribution is 7.89. The molecular weight excluding hydrogens is 228 g/mol. The van der Waals surface area contributed by atoms with Gasteiger partial charge < -0.3 is 10.1 Å². The van der Waals surface area contributed by atoms with Crippen LogP contribution in [0.1, 0.15) is 19.3 Å². The number of rotatable bonds is 6. The van der Waals surface area contributed by atoms with E-state index < -0.39 is 10.0 Å². The molecule has 96 valence electrons. The Balaban J connectivity index is 2.39. The fourth-order valence-electron chi connectivity index (χ4n) is 1.91. The van der Waals surface area contributed by atoms with Gasteiger partial charge in [0.25, 0.3) is 0 Å². The van der Waals surface area contributed by atoms with E-state index in [1.165, 1.54) is 0 Å². The maximum Gasteiger partial charge on any atom is 0.214 e. The van der Waals surface area contributed by atoms with Gasteiger partial charge in [-0.1, -0.05) is 0 Å². The first-order chi connectivity index (χ1) is 7.60. The summed E-state index contributed by atoms with van der Waals surface area (Å²) < 4.78 is 30.6. The first-order valence-corrected chi connectivity index (χ1v) is 7.36. The lowest BCUT2D eigenvalue weighted by Gasteiger charge is -2.30. The third-order valence-corrected chi connectivity index (χ3v) is 4.91. The van der Waals surface area contributed by atoms with Crippen LogP contribution >= 0.6 is 0 Å². The van der Waals surface area contributed by atoms with Crippen LogP contribution in [0.15, 0.2) is 0 Å². The van der Waals surface area contributed by atoms with Crippen molar-refractivity contribution in [1.82, 2.24) is 9.62 Å². The lowest BCUT2D eigenvalue weighted by atomic mass is 10.1. The van der Waals surface area contributed by atoms with Gasteiger partial charge in [-0.2, -0.15) is 0 Å². The van der Waals surface area contributed by atoms with Gasteiger partial charge in [-0.05, 0) is 32.9 Å². The van der Waals surface area contributed by atoms with Gasteiger partial charge >= 0.3 is 0 Å². The number of piperidine rings is 1. The van der Waals surface area contributed by atoms with Crippen LogP contribution in [0, 0.1) is 0 Å². The quantitative estimate of drug-likeness (QED) is 0.676. The van der Waals surface area contributed by atoms with Crippen LogP contribution < -0.4 is 5.32 Å². The lowest BCUT2D eigenvalue weighted by Crippen LogP contribution is -2.41. The van der Waals surface area contributed by atoms with Crippen molar-refractivity contribution in [2.24, 2.45) is 0 Å². The van der Waals surface area contributed by atoms with Gasteiger partial charge in [0.2, 0.25) is 10.0 Å². The van der Waals surface area contributed by atoms with Gasteiger partial charge in [0.1, 0.15) is 0 Å². The molecule has 0 atom stereocenters. The predicted octanol–water partition coefficient (Wildman–Crippen LogP) is 0.0365. The van der Waals surface area contributed by atoms with E-state index in [1.807, 2.05) is 7.05 Å². The number of hydrogen-bond acceptors (Lipinski definition) is 4. The van der Waals surface area contributed by atoms with E-state index >= 15 is 0 Å². The molecule has 1 fully saturated rings. The fraction of sp³-hybridized carbons (Fsp3) is 1.00. The van der Waals surface area contributed by atoms with Gasteiger partial charge in [-0.25, -0.2) is 12.7 Å². The minimum absolute atomic E-state index is 0.226. The van der Waals surface area contributed by atoms with Gasteiger partial charge in [-0.15, -0.1) is 0 Å². The van der Waals surface area contributed by atoms with Crippen molar-refractivity contribution in [2.45, 2.75) is 25.4 Å². The average molecular weight is 250 g/mol. The normalized spacial score (nSPS) is 20.1. The Hall–Kier alpha value is -0.170. The van der Waals surface area contributed by atoms with Gasteiger partial charge in [0.05, 0.1) is 11.9 Å². The van der Waals surface area contributed by atoms with E-state index in [-0.39, 0.29) is 11.9 Å². The van der Waals surface area contributed by atoms with Crippen LogP contribution in [0.2, 0.25) is 0 Å². The van der Waals surface area contributed by atoms with Crippen LogP contribution in [-0.2, 0) is 14.8 Å². The van der Waals surface area contributed by atoms with Crippen LogP contribution in [0.25, 0.3) is 0 Å². The Labute approximate surface area is 98.2 Å². The fourth-order valence-corrected chi connectivity index (χ4v) is 3.44. The van der Waals surface area contributed by atoms with Crippen molar-refractivity contribution in [2.75, 3.05) is 39.5 Å². The first-order valence-electron chi connectivity index (χ1n) is 5.75. The average Bonchev–Trinajstić information content (AvgIpc) is 2.29. The molecule has 0 bridgehead atoms. The summed E-state index contributed by atoms with van der Waals surface area (Å²) in [7, 11) is 0.463. The molecule has 5 nitrogen and oxygen atoms in total. The molecule has 0 spiro atoms. The molecule has 0 saturated carbocycles. The molecule has 6 heteroatoms. The summed E-state index contributed by atoms with van der Waals surface area (Å²) in [6, 6.07) is 0. The summed E-state index contributed by atoms with van der Waals surface area (Å²) in [5, 5.41) is 2.96. The van der Waals surface area contributed by atoms with Crippen molar-refractivity contribution in [3.8, 4) is 0 Å². The minimum Gasteiger partial charge on any atom is -0.381 e. The van der Waals surface area contributed by atoms with E-state index in [0.29, 0.717) is 19.5 Å². The molecule has 1 aliphatic rings. The number of hydrogen-bond donors (Lipinski definition) is 1. The largest absolute Gasteiger partial charge is 0.381 e. The molecule has 1 N–H and O–H groups in total. The second kappa shape index (κ2) is 6.54. The summed E-state index contributed by atoms with van der Waals surface area (Å²) in [6.07, 6.45) is 2.51. The standard InChI is InChI=1S/C10H22N2O3S/c1-11-6-3-9-16(13,14)12-7-4-10(15-2)5-8-12/h10-11H,3-9H2,1-2H3. The molecule has 0 radical (unpaired) electrons. The first kappa shape index (κ1) is 13.9. The second-order valence-corrected chi connectivity index (χ2v) is 6.20. The molecule has 0 aliphatic carbocycles. The van der Waals surface area contributed by atoms with Crippen molar-refractivity contribution in [1.29, 1.82) is 0 Å². The molecule has 1 heterocycles. The lowest BCUT2D eigenvalue weighted by molar-refractivity contribution is 0.0604. The van der Waals surface area contributed by atoms with E-state index in [1.54, 1.807) is 11.4 Å². The number of ether oxygens (including phenoxy) is 1. The van der Waals surface area contributed by atoms with Crippen LogP contribution in [0.3, 0.4) is 0 Å². The summed E-state index contributed by atoms with van der Waals surface area (Å²) in [5.74, 6) is 0.242. The maximum atomic E-state index is 11.9. The summed E-state index contributed by atoms with van der Waals surface area (Å²) in [4.78, 5) is 0. The Morgan fingerprint density at radius 3 is 2.50 bits per heavy atom. The smallest absolute Gasteiger partial charge is 0.214 e. The Morgan fingerprint density at radius 2 is 2.00 bits per heavy atom. The van der Waals surface area contributed by atoms with Crippen LogP contribution in [0.4, 0.5) is 0 Å². The SMILES string of the molecule is CNCCCS(=O)(=O)N1CCC(OC)CC1. The highest BCUT2D eigenvalue weighted by atomic mass is 32.2. The molecule has 0 aromatic heterocycles. The highest BCUT2D eigenvalue weighted by Gasteiger charge is 2.27. The van der Waals surface area contributed by atoms with Gasteiger partial charge in [0, 0.05) is 20.2 Å². The molecule has 0 amide bonds. The molecule has 1 saturated heterocycles. The third-order valence-electron chi connectivity index (χ3n) is 2.96. The van der Waals surface area contributed by atoms with Crippen LogP contribution in [-0.4, -0.2) is 58.4 Å². The van der Waals surface area contributed by atoms with Crippen molar-refractivity contribution in [3.05, 3.63) is 0 Å². The maximum absolute atomic E-state index is 11.9. The molecule has 1 rings (SSSR count). The van der Waals surface area contributed by atoms with E-state index in [0.717, 1.165) is 19.4 Å².